The van der Waals surface area contributed by atoms with E-state index in [0.717, 1.165) is 24.3 Å². The van der Waals surface area contributed by atoms with E-state index in [2.05, 4.69) is 36.5 Å². The van der Waals surface area contributed by atoms with Crippen LogP contribution in [-0.2, 0) is 0 Å². The standard InChI is InChI=1S/C17H26N2/c1-12-3-2-4-15(9-12)17(10-18)19-11-16(13-5-6-13)14-7-8-14/h2-4,9,13-14,16-17,19H,5-8,10-11,18H2,1H3. The minimum absolute atomic E-state index is 0.319. The van der Waals surface area contributed by atoms with E-state index in [1.54, 1.807) is 0 Å². The molecule has 0 amide bonds. The van der Waals surface area contributed by atoms with Crippen molar-refractivity contribution in [3.05, 3.63) is 35.4 Å². The number of nitrogens with one attached hydrogen (secondary N) is 1. The van der Waals surface area contributed by atoms with Crippen molar-refractivity contribution in [3.8, 4) is 0 Å². The predicted octanol–water partition coefficient (Wildman–Crippen LogP) is 3.02. The first-order chi connectivity index (χ1) is 9.28. The van der Waals surface area contributed by atoms with Crippen molar-refractivity contribution in [2.45, 2.75) is 38.6 Å². The van der Waals surface area contributed by atoms with E-state index in [0.29, 0.717) is 12.6 Å². The Kier molecular flexibility index (Phi) is 3.90. The van der Waals surface area contributed by atoms with Crippen LogP contribution in [0.3, 0.4) is 0 Å². The Balaban J connectivity index is 1.59. The van der Waals surface area contributed by atoms with E-state index in [9.17, 15) is 0 Å². The van der Waals surface area contributed by atoms with Gasteiger partial charge in [-0.15, -0.1) is 0 Å². The molecule has 2 nitrogen and oxygen atoms in total. The lowest BCUT2D eigenvalue weighted by atomic mass is 9.96. The maximum absolute atomic E-state index is 5.96. The normalized spacial score (nSPS) is 20.8. The van der Waals surface area contributed by atoms with Crippen molar-refractivity contribution < 1.29 is 0 Å². The topological polar surface area (TPSA) is 38.0 Å². The molecule has 19 heavy (non-hydrogen) atoms. The molecule has 2 aliphatic rings. The van der Waals surface area contributed by atoms with Crippen LogP contribution in [0.4, 0.5) is 0 Å². The van der Waals surface area contributed by atoms with Crippen molar-refractivity contribution in [1.29, 1.82) is 0 Å². The minimum Gasteiger partial charge on any atom is -0.329 e. The van der Waals surface area contributed by atoms with Gasteiger partial charge < -0.3 is 11.1 Å². The third-order valence-corrected chi connectivity index (χ3v) is 4.74. The smallest absolute Gasteiger partial charge is 0.0444 e. The van der Waals surface area contributed by atoms with Crippen LogP contribution in [0.15, 0.2) is 24.3 Å². The van der Waals surface area contributed by atoms with Crippen LogP contribution in [0.5, 0.6) is 0 Å². The Morgan fingerprint density at radius 2 is 1.89 bits per heavy atom. The zero-order valence-electron chi connectivity index (χ0n) is 11.9. The second kappa shape index (κ2) is 5.64. The van der Waals surface area contributed by atoms with E-state index in [-0.39, 0.29) is 0 Å². The molecule has 2 heteroatoms. The molecule has 1 aromatic rings. The molecule has 0 aliphatic heterocycles. The molecule has 0 bridgehead atoms. The van der Waals surface area contributed by atoms with Gasteiger partial charge in [-0.05, 0) is 62.5 Å². The van der Waals surface area contributed by atoms with Gasteiger partial charge in [-0.25, -0.2) is 0 Å². The number of hydrogen-bond donors (Lipinski definition) is 2. The highest BCUT2D eigenvalue weighted by atomic mass is 14.9. The van der Waals surface area contributed by atoms with Crippen LogP contribution in [0.1, 0.15) is 42.9 Å². The van der Waals surface area contributed by atoms with Crippen molar-refractivity contribution >= 4 is 0 Å². The third-order valence-electron chi connectivity index (χ3n) is 4.74. The van der Waals surface area contributed by atoms with Gasteiger partial charge in [0, 0.05) is 12.6 Å². The summed E-state index contributed by atoms with van der Waals surface area (Å²) in [5, 5.41) is 3.73. The Hall–Kier alpha value is -0.860. The van der Waals surface area contributed by atoms with Crippen molar-refractivity contribution in [2.75, 3.05) is 13.1 Å². The second-order valence-corrected chi connectivity index (χ2v) is 6.45. The van der Waals surface area contributed by atoms with Gasteiger partial charge in [-0.1, -0.05) is 29.8 Å². The fourth-order valence-electron chi connectivity index (χ4n) is 3.27. The summed E-state index contributed by atoms with van der Waals surface area (Å²) in [4.78, 5) is 0. The molecule has 1 aromatic carbocycles. The van der Waals surface area contributed by atoms with Crippen molar-refractivity contribution in [2.24, 2.45) is 23.5 Å². The molecular weight excluding hydrogens is 232 g/mol. The van der Waals surface area contributed by atoms with Crippen molar-refractivity contribution in [3.63, 3.8) is 0 Å². The van der Waals surface area contributed by atoms with Crippen LogP contribution in [0.25, 0.3) is 0 Å². The highest BCUT2D eigenvalue weighted by Gasteiger charge is 2.41. The number of nitrogens with two attached hydrogens (primary N) is 1. The summed E-state index contributed by atoms with van der Waals surface area (Å²) >= 11 is 0. The molecule has 1 unspecified atom stereocenters. The first kappa shape index (κ1) is 13.1. The summed E-state index contributed by atoms with van der Waals surface area (Å²) in [7, 11) is 0. The molecule has 3 N–H and O–H groups in total. The summed E-state index contributed by atoms with van der Waals surface area (Å²) in [5.74, 6) is 2.94. The summed E-state index contributed by atoms with van der Waals surface area (Å²) in [6.07, 6.45) is 5.84. The van der Waals surface area contributed by atoms with Crippen LogP contribution in [-0.4, -0.2) is 13.1 Å². The Bertz CT molecular complexity index is 409. The van der Waals surface area contributed by atoms with Crippen LogP contribution >= 0.6 is 0 Å². The van der Waals surface area contributed by atoms with Gasteiger partial charge in [0.1, 0.15) is 0 Å². The molecule has 0 radical (unpaired) electrons. The molecule has 2 fully saturated rings. The van der Waals surface area contributed by atoms with Gasteiger partial charge in [-0.2, -0.15) is 0 Å². The summed E-state index contributed by atoms with van der Waals surface area (Å²) in [6, 6.07) is 9.05. The molecule has 104 valence electrons. The average molecular weight is 258 g/mol. The fourth-order valence-corrected chi connectivity index (χ4v) is 3.27. The Labute approximate surface area is 116 Å². The molecule has 2 aliphatic carbocycles. The lowest BCUT2D eigenvalue weighted by Gasteiger charge is -2.22. The maximum Gasteiger partial charge on any atom is 0.0444 e. The van der Waals surface area contributed by atoms with Gasteiger partial charge in [0.05, 0.1) is 0 Å². The van der Waals surface area contributed by atoms with E-state index in [1.807, 2.05) is 0 Å². The Morgan fingerprint density at radius 1 is 1.21 bits per heavy atom. The first-order valence-electron chi connectivity index (χ1n) is 7.78. The average Bonchev–Trinajstić information content (AvgIpc) is 3.28. The SMILES string of the molecule is Cc1cccc(C(CN)NCC(C2CC2)C2CC2)c1. The summed E-state index contributed by atoms with van der Waals surface area (Å²) in [6.45, 7) is 3.99. The Morgan fingerprint density at radius 3 is 2.42 bits per heavy atom. The van der Waals surface area contributed by atoms with Gasteiger partial charge >= 0.3 is 0 Å². The quantitative estimate of drug-likeness (QED) is 0.789. The molecule has 1 atom stereocenters. The zero-order valence-corrected chi connectivity index (χ0v) is 11.9. The highest BCUT2D eigenvalue weighted by molar-refractivity contribution is 5.25. The molecule has 2 saturated carbocycles. The van der Waals surface area contributed by atoms with E-state index in [1.165, 1.54) is 36.8 Å². The lowest BCUT2D eigenvalue weighted by Crippen LogP contribution is -2.33. The van der Waals surface area contributed by atoms with E-state index in [4.69, 9.17) is 5.73 Å². The van der Waals surface area contributed by atoms with E-state index < -0.39 is 0 Å². The summed E-state index contributed by atoms with van der Waals surface area (Å²) in [5.41, 5.74) is 8.62. The molecular formula is C17H26N2. The molecule has 0 heterocycles. The number of rotatable bonds is 7. The van der Waals surface area contributed by atoms with Crippen molar-refractivity contribution in [1.82, 2.24) is 5.32 Å². The number of aryl methyl sites for hydroxylation is 1. The van der Waals surface area contributed by atoms with Gasteiger partial charge in [0.15, 0.2) is 0 Å². The summed E-state index contributed by atoms with van der Waals surface area (Å²) < 4.78 is 0. The number of hydrogen-bond acceptors (Lipinski definition) is 2. The third kappa shape index (κ3) is 3.37. The molecule has 3 rings (SSSR count). The molecule has 0 spiro atoms. The molecule has 0 aromatic heterocycles. The van der Waals surface area contributed by atoms with Crippen LogP contribution in [0, 0.1) is 24.7 Å². The number of benzene rings is 1. The molecule has 0 saturated heterocycles. The highest BCUT2D eigenvalue weighted by Crippen LogP contribution is 2.48. The lowest BCUT2D eigenvalue weighted by molar-refractivity contribution is 0.357. The monoisotopic (exact) mass is 258 g/mol. The largest absolute Gasteiger partial charge is 0.329 e. The zero-order chi connectivity index (χ0) is 13.2. The van der Waals surface area contributed by atoms with Gasteiger partial charge in [0.25, 0.3) is 0 Å². The second-order valence-electron chi connectivity index (χ2n) is 6.45. The van der Waals surface area contributed by atoms with Crippen LogP contribution < -0.4 is 11.1 Å². The maximum atomic E-state index is 5.96. The minimum atomic E-state index is 0.319. The van der Waals surface area contributed by atoms with Gasteiger partial charge in [0.2, 0.25) is 0 Å². The predicted molar refractivity (Wildman–Crippen MR) is 79.9 cm³/mol. The van der Waals surface area contributed by atoms with Gasteiger partial charge in [-0.3, -0.25) is 0 Å². The van der Waals surface area contributed by atoms with Crippen LogP contribution in [0.2, 0.25) is 0 Å². The first-order valence-corrected chi connectivity index (χ1v) is 7.78. The fraction of sp³-hybridized carbons (Fsp3) is 0.647. The van der Waals surface area contributed by atoms with E-state index >= 15 is 0 Å².